The lowest BCUT2D eigenvalue weighted by molar-refractivity contribution is -0.0646. The van der Waals surface area contributed by atoms with Crippen LogP contribution in [-0.2, 0) is 18.3 Å². The molecule has 0 radical (unpaired) electrons. The van der Waals surface area contributed by atoms with Crippen molar-refractivity contribution >= 4 is 0 Å². The number of hydrogen-bond donors (Lipinski definition) is 1. The number of benzene rings is 1. The number of hydrogen-bond acceptors (Lipinski definition) is 5. The molecule has 0 amide bonds. The number of aryl methyl sites for hydroxylation is 1. The average Bonchev–Trinajstić information content (AvgIpc) is 2.86. The minimum absolute atomic E-state index is 0.0855. The van der Waals surface area contributed by atoms with Crippen molar-refractivity contribution in [3.05, 3.63) is 48.0 Å². The number of aliphatic hydroxyl groups is 1. The van der Waals surface area contributed by atoms with E-state index >= 15 is 0 Å². The molecular formula is C17H22FN3O3. The van der Waals surface area contributed by atoms with E-state index in [1.807, 2.05) is 19.4 Å². The van der Waals surface area contributed by atoms with Gasteiger partial charge in [0.1, 0.15) is 23.8 Å². The van der Waals surface area contributed by atoms with Crippen LogP contribution in [0.2, 0.25) is 0 Å². The van der Waals surface area contributed by atoms with Crippen LogP contribution in [-0.4, -0.2) is 58.3 Å². The Balaban J connectivity index is 1.60. The van der Waals surface area contributed by atoms with E-state index in [1.165, 1.54) is 12.1 Å². The summed E-state index contributed by atoms with van der Waals surface area (Å²) in [6, 6.07) is 5.75. The maximum Gasteiger partial charge on any atom is 0.134 e. The molecule has 1 aromatic carbocycles. The molecule has 130 valence electrons. The van der Waals surface area contributed by atoms with Gasteiger partial charge in [-0.25, -0.2) is 4.39 Å². The molecule has 7 heteroatoms. The first-order valence-electron chi connectivity index (χ1n) is 7.91. The van der Waals surface area contributed by atoms with Crippen molar-refractivity contribution in [3.63, 3.8) is 0 Å². The van der Waals surface area contributed by atoms with Gasteiger partial charge in [-0.3, -0.25) is 9.58 Å². The Morgan fingerprint density at radius 1 is 1.38 bits per heavy atom. The molecule has 2 aromatic rings. The molecule has 0 unspecified atom stereocenters. The fraction of sp³-hybridized carbons (Fsp3) is 0.471. The number of ether oxygens (including phenoxy) is 2. The molecular weight excluding hydrogens is 313 g/mol. The summed E-state index contributed by atoms with van der Waals surface area (Å²) in [6.45, 7) is 2.70. The molecule has 1 N–H and O–H groups in total. The van der Waals surface area contributed by atoms with Crippen LogP contribution in [0, 0.1) is 5.82 Å². The first kappa shape index (κ1) is 16.9. The van der Waals surface area contributed by atoms with Crippen LogP contribution >= 0.6 is 0 Å². The number of halogens is 1. The van der Waals surface area contributed by atoms with E-state index in [9.17, 15) is 9.50 Å². The van der Waals surface area contributed by atoms with E-state index in [1.54, 1.807) is 16.8 Å². The largest absolute Gasteiger partial charge is 0.490 e. The third-order valence-electron chi connectivity index (χ3n) is 3.93. The summed E-state index contributed by atoms with van der Waals surface area (Å²) in [5.74, 6) is 0.203. The highest BCUT2D eigenvalue weighted by atomic mass is 19.1. The van der Waals surface area contributed by atoms with Crippen LogP contribution in [0.4, 0.5) is 4.39 Å². The summed E-state index contributed by atoms with van der Waals surface area (Å²) in [5, 5.41) is 15.0. The van der Waals surface area contributed by atoms with E-state index in [2.05, 4.69) is 10.00 Å². The second kappa shape index (κ2) is 7.29. The van der Waals surface area contributed by atoms with Gasteiger partial charge in [0.25, 0.3) is 0 Å². The van der Waals surface area contributed by atoms with Gasteiger partial charge in [-0.15, -0.1) is 0 Å². The smallest absolute Gasteiger partial charge is 0.134 e. The third kappa shape index (κ3) is 4.53. The highest BCUT2D eigenvalue weighted by molar-refractivity contribution is 5.22. The monoisotopic (exact) mass is 335 g/mol. The second-order valence-corrected chi connectivity index (χ2v) is 6.25. The summed E-state index contributed by atoms with van der Waals surface area (Å²) < 4.78 is 25.8. The predicted octanol–water partition coefficient (Wildman–Crippen LogP) is 1.20. The molecule has 0 bridgehead atoms. The van der Waals surface area contributed by atoms with Crippen molar-refractivity contribution in [2.24, 2.45) is 7.05 Å². The summed E-state index contributed by atoms with van der Waals surface area (Å²) in [5.41, 5.74) is -0.0335. The van der Waals surface area contributed by atoms with Crippen LogP contribution in [0.25, 0.3) is 0 Å². The Bertz CT molecular complexity index is 661. The fourth-order valence-corrected chi connectivity index (χ4v) is 2.78. The topological polar surface area (TPSA) is 59.8 Å². The van der Waals surface area contributed by atoms with Gasteiger partial charge in [0.15, 0.2) is 0 Å². The lowest BCUT2D eigenvalue weighted by atomic mass is 10.1. The lowest BCUT2D eigenvalue weighted by Gasteiger charge is -2.30. The van der Waals surface area contributed by atoms with Crippen molar-refractivity contribution in [3.8, 4) is 5.75 Å². The fourth-order valence-electron chi connectivity index (χ4n) is 2.78. The third-order valence-corrected chi connectivity index (χ3v) is 3.93. The molecule has 1 aromatic heterocycles. The van der Waals surface area contributed by atoms with Crippen molar-refractivity contribution in [2.45, 2.75) is 12.1 Å². The van der Waals surface area contributed by atoms with Crippen molar-refractivity contribution < 1.29 is 19.0 Å². The normalized spacial score (nSPS) is 22.3. The van der Waals surface area contributed by atoms with Gasteiger partial charge in [-0.05, 0) is 24.3 Å². The van der Waals surface area contributed by atoms with Crippen molar-refractivity contribution in [2.75, 3.05) is 32.9 Å². The number of nitrogens with zero attached hydrogens (tertiary/aromatic N) is 3. The van der Waals surface area contributed by atoms with E-state index in [0.717, 1.165) is 12.1 Å². The molecule has 1 saturated heterocycles. The Kier molecular flexibility index (Phi) is 5.13. The molecule has 24 heavy (non-hydrogen) atoms. The molecule has 1 aliphatic heterocycles. The SMILES string of the molecule is Cn1cc(CN2CCOC[C@@](O)(COc3ccc(F)cc3)C2)cn1. The van der Waals surface area contributed by atoms with Crippen LogP contribution in [0.3, 0.4) is 0 Å². The zero-order chi connectivity index (χ0) is 17.0. The summed E-state index contributed by atoms with van der Waals surface area (Å²) >= 11 is 0. The van der Waals surface area contributed by atoms with Gasteiger partial charge in [0, 0.05) is 38.4 Å². The molecule has 1 aliphatic rings. The summed E-state index contributed by atoms with van der Waals surface area (Å²) in [4.78, 5) is 2.12. The predicted molar refractivity (Wildman–Crippen MR) is 86.1 cm³/mol. The molecule has 0 saturated carbocycles. The summed E-state index contributed by atoms with van der Waals surface area (Å²) in [6.07, 6.45) is 3.78. The van der Waals surface area contributed by atoms with E-state index in [4.69, 9.17) is 9.47 Å². The second-order valence-electron chi connectivity index (χ2n) is 6.25. The summed E-state index contributed by atoms with van der Waals surface area (Å²) in [7, 11) is 1.88. The Labute approximate surface area is 140 Å². The van der Waals surface area contributed by atoms with E-state index < -0.39 is 5.60 Å². The van der Waals surface area contributed by atoms with Gasteiger partial charge < -0.3 is 14.6 Å². The number of β-amino-alcohol motifs (C(OH)–C–C–N with tert-alkyl or cyclic N) is 1. The quantitative estimate of drug-likeness (QED) is 0.890. The first-order valence-corrected chi connectivity index (χ1v) is 7.91. The zero-order valence-electron chi connectivity index (χ0n) is 13.7. The van der Waals surface area contributed by atoms with Gasteiger partial charge in [0.2, 0.25) is 0 Å². The molecule has 1 atom stereocenters. The van der Waals surface area contributed by atoms with Gasteiger partial charge >= 0.3 is 0 Å². The standard InChI is InChI=1S/C17H22FN3O3/c1-20-9-14(8-19-20)10-21-6-7-23-12-17(22,11-21)13-24-16-4-2-15(18)3-5-16/h2-5,8-9,22H,6-7,10-13H2,1H3/t17-/m1/s1. The first-order chi connectivity index (χ1) is 11.5. The van der Waals surface area contributed by atoms with Crippen LogP contribution < -0.4 is 4.74 Å². The molecule has 1 fully saturated rings. The van der Waals surface area contributed by atoms with Gasteiger partial charge in [-0.2, -0.15) is 5.10 Å². The maximum atomic E-state index is 12.9. The van der Waals surface area contributed by atoms with Crippen LogP contribution in [0.1, 0.15) is 5.56 Å². The molecule has 2 heterocycles. The van der Waals surface area contributed by atoms with Gasteiger partial charge in [0.05, 0.1) is 19.4 Å². The maximum absolute atomic E-state index is 12.9. The van der Waals surface area contributed by atoms with Gasteiger partial charge in [-0.1, -0.05) is 0 Å². The molecule has 0 spiro atoms. The zero-order valence-corrected chi connectivity index (χ0v) is 13.7. The minimum Gasteiger partial charge on any atom is -0.490 e. The number of aromatic nitrogens is 2. The van der Waals surface area contributed by atoms with Crippen molar-refractivity contribution in [1.29, 1.82) is 0 Å². The number of rotatable bonds is 5. The van der Waals surface area contributed by atoms with Crippen LogP contribution in [0.15, 0.2) is 36.7 Å². The lowest BCUT2D eigenvalue weighted by Crippen LogP contribution is -2.48. The Morgan fingerprint density at radius 3 is 2.88 bits per heavy atom. The Hall–Kier alpha value is -1.96. The Morgan fingerprint density at radius 2 is 2.17 bits per heavy atom. The highest BCUT2D eigenvalue weighted by Crippen LogP contribution is 2.18. The van der Waals surface area contributed by atoms with Crippen LogP contribution in [0.5, 0.6) is 5.75 Å². The van der Waals surface area contributed by atoms with E-state index in [-0.39, 0.29) is 19.0 Å². The minimum atomic E-state index is -1.12. The van der Waals surface area contributed by atoms with Crippen molar-refractivity contribution in [1.82, 2.24) is 14.7 Å². The highest BCUT2D eigenvalue weighted by Gasteiger charge is 2.33. The molecule has 6 nitrogen and oxygen atoms in total. The molecule has 0 aliphatic carbocycles. The average molecular weight is 335 g/mol. The van der Waals surface area contributed by atoms with E-state index in [0.29, 0.717) is 25.4 Å². The molecule has 3 rings (SSSR count).